The number of amides is 1. The number of aryl methyl sites for hydroxylation is 1. The summed E-state index contributed by atoms with van der Waals surface area (Å²) in [7, 11) is 0. The number of carbonyl (C=O) groups excluding carboxylic acids is 1. The van der Waals surface area contributed by atoms with Gasteiger partial charge in [0.15, 0.2) is 0 Å². The lowest BCUT2D eigenvalue weighted by Crippen LogP contribution is -2.37. The Bertz CT molecular complexity index is 769. The van der Waals surface area contributed by atoms with Crippen LogP contribution < -0.4 is 4.90 Å². The number of ether oxygens (including phenoxy) is 1. The minimum absolute atomic E-state index is 0.0803. The van der Waals surface area contributed by atoms with Gasteiger partial charge in [0.25, 0.3) is 5.91 Å². The number of morpholine rings is 1. The lowest BCUT2D eigenvalue weighted by atomic mass is 10.1. The van der Waals surface area contributed by atoms with E-state index >= 15 is 0 Å². The predicted molar refractivity (Wildman–Crippen MR) is 94.7 cm³/mol. The molecule has 0 radical (unpaired) electrons. The number of aromatic nitrogens is 2. The van der Waals surface area contributed by atoms with E-state index in [1.807, 2.05) is 36.4 Å². The third-order valence-corrected chi connectivity index (χ3v) is 4.81. The molecule has 0 saturated carbocycles. The molecule has 1 saturated heterocycles. The number of nitrogens with zero attached hydrogens (tertiary/aromatic N) is 4. The molecule has 0 atom stereocenters. The quantitative estimate of drug-likeness (QED) is 0.851. The number of hydrogen-bond donors (Lipinski definition) is 0. The number of pyridine rings is 2. The summed E-state index contributed by atoms with van der Waals surface area (Å²) in [5, 5.41) is 0. The summed E-state index contributed by atoms with van der Waals surface area (Å²) in [5.41, 5.74) is 4.80. The Hall–Kier alpha value is -2.47. The van der Waals surface area contributed by atoms with Crippen LogP contribution >= 0.6 is 0 Å². The average Bonchev–Trinajstić information content (AvgIpc) is 2.98. The van der Waals surface area contributed by atoms with E-state index in [2.05, 4.69) is 20.9 Å². The Balaban J connectivity index is 1.50. The second-order valence-corrected chi connectivity index (χ2v) is 6.55. The summed E-state index contributed by atoms with van der Waals surface area (Å²) in [6.45, 7) is 6.30. The van der Waals surface area contributed by atoms with Gasteiger partial charge in [-0.2, -0.15) is 0 Å². The summed E-state index contributed by atoms with van der Waals surface area (Å²) in [4.78, 5) is 25.9. The Morgan fingerprint density at radius 2 is 2.00 bits per heavy atom. The van der Waals surface area contributed by atoms with Gasteiger partial charge in [0.1, 0.15) is 0 Å². The van der Waals surface area contributed by atoms with E-state index in [9.17, 15) is 4.79 Å². The van der Waals surface area contributed by atoms with Crippen molar-refractivity contribution in [1.29, 1.82) is 0 Å². The molecule has 0 unspecified atom stereocenters. The van der Waals surface area contributed by atoms with Gasteiger partial charge in [-0.3, -0.25) is 14.8 Å². The van der Waals surface area contributed by atoms with Gasteiger partial charge in [-0.1, -0.05) is 6.07 Å². The maximum Gasteiger partial charge on any atom is 0.258 e. The molecule has 1 fully saturated rings. The van der Waals surface area contributed by atoms with E-state index in [0.29, 0.717) is 26.3 Å². The molecule has 2 aliphatic heterocycles. The molecule has 0 spiro atoms. The topological polar surface area (TPSA) is 58.6 Å². The van der Waals surface area contributed by atoms with Gasteiger partial charge < -0.3 is 14.5 Å². The van der Waals surface area contributed by atoms with Crippen LogP contribution in [0.15, 0.2) is 30.6 Å². The average molecular weight is 338 g/mol. The van der Waals surface area contributed by atoms with E-state index < -0.39 is 0 Å². The number of rotatable bonds is 4. The third-order valence-electron chi connectivity index (χ3n) is 4.81. The molecule has 2 aromatic rings. The van der Waals surface area contributed by atoms with E-state index in [1.54, 1.807) is 0 Å². The fraction of sp³-hybridized carbons (Fsp3) is 0.421. The van der Waals surface area contributed by atoms with Gasteiger partial charge in [-0.25, -0.2) is 0 Å². The maximum absolute atomic E-state index is 12.9. The largest absolute Gasteiger partial charge is 0.378 e. The first-order valence-electron chi connectivity index (χ1n) is 8.74. The van der Waals surface area contributed by atoms with Crippen molar-refractivity contribution in [2.45, 2.75) is 19.9 Å². The molecule has 130 valence electrons. The van der Waals surface area contributed by atoms with Gasteiger partial charge in [-0.15, -0.1) is 0 Å². The van der Waals surface area contributed by atoms with Crippen LogP contribution in [0.5, 0.6) is 0 Å². The molecule has 2 aromatic heterocycles. The Kier molecular flexibility index (Phi) is 4.36. The fourth-order valence-corrected chi connectivity index (χ4v) is 3.40. The van der Waals surface area contributed by atoms with Crippen molar-refractivity contribution in [2.75, 3.05) is 37.7 Å². The lowest BCUT2D eigenvalue weighted by molar-refractivity contribution is 0.0779. The Morgan fingerprint density at radius 3 is 2.76 bits per heavy atom. The SMILES string of the molecule is Cc1ccc(CCN2Cc3nccc(N4CCOCC4)c3C2=O)nc1. The first kappa shape index (κ1) is 16.0. The molecule has 4 rings (SSSR count). The smallest absolute Gasteiger partial charge is 0.258 e. The van der Waals surface area contributed by atoms with E-state index in [-0.39, 0.29) is 5.91 Å². The molecule has 25 heavy (non-hydrogen) atoms. The van der Waals surface area contributed by atoms with Crippen LogP contribution in [0, 0.1) is 6.92 Å². The number of carbonyl (C=O) groups is 1. The fourth-order valence-electron chi connectivity index (χ4n) is 3.40. The Labute approximate surface area is 147 Å². The zero-order chi connectivity index (χ0) is 17.2. The van der Waals surface area contributed by atoms with E-state index in [1.165, 1.54) is 0 Å². The Morgan fingerprint density at radius 1 is 1.16 bits per heavy atom. The first-order chi connectivity index (χ1) is 12.2. The van der Waals surface area contributed by atoms with Crippen molar-refractivity contribution in [3.63, 3.8) is 0 Å². The summed E-state index contributed by atoms with van der Waals surface area (Å²) in [5.74, 6) is 0.0803. The minimum Gasteiger partial charge on any atom is -0.378 e. The van der Waals surface area contributed by atoms with Crippen molar-refractivity contribution in [1.82, 2.24) is 14.9 Å². The van der Waals surface area contributed by atoms with Gasteiger partial charge in [0.05, 0.1) is 36.7 Å². The van der Waals surface area contributed by atoms with Gasteiger partial charge >= 0.3 is 0 Å². The minimum atomic E-state index is 0.0803. The summed E-state index contributed by atoms with van der Waals surface area (Å²) in [6.07, 6.45) is 4.43. The monoisotopic (exact) mass is 338 g/mol. The third kappa shape index (κ3) is 3.22. The van der Waals surface area contributed by atoms with E-state index in [4.69, 9.17) is 4.74 Å². The second kappa shape index (κ2) is 6.80. The maximum atomic E-state index is 12.9. The zero-order valence-corrected chi connectivity index (χ0v) is 14.4. The summed E-state index contributed by atoms with van der Waals surface area (Å²) in [6, 6.07) is 6.04. The molecule has 4 heterocycles. The van der Waals surface area contributed by atoms with Crippen molar-refractivity contribution >= 4 is 11.6 Å². The molecule has 0 bridgehead atoms. The molecule has 6 nitrogen and oxygen atoms in total. The highest BCUT2D eigenvalue weighted by Gasteiger charge is 2.32. The zero-order valence-electron chi connectivity index (χ0n) is 14.4. The molecule has 0 N–H and O–H groups in total. The van der Waals surface area contributed by atoms with E-state index in [0.717, 1.165) is 47.7 Å². The van der Waals surface area contributed by atoms with Crippen LogP contribution in [-0.4, -0.2) is 53.6 Å². The first-order valence-corrected chi connectivity index (χ1v) is 8.74. The normalized spacial score (nSPS) is 17.1. The van der Waals surface area contributed by atoms with Crippen molar-refractivity contribution in [3.8, 4) is 0 Å². The van der Waals surface area contributed by atoms with Crippen LogP contribution in [0.1, 0.15) is 27.3 Å². The predicted octanol–water partition coefficient (Wildman–Crippen LogP) is 1.82. The second-order valence-electron chi connectivity index (χ2n) is 6.55. The van der Waals surface area contributed by atoms with Gasteiger partial charge in [0.2, 0.25) is 0 Å². The number of anilines is 1. The molecule has 2 aliphatic rings. The molecule has 0 aliphatic carbocycles. The van der Waals surface area contributed by atoms with Crippen molar-refractivity contribution < 1.29 is 9.53 Å². The van der Waals surface area contributed by atoms with Crippen LogP contribution in [0.4, 0.5) is 5.69 Å². The molecule has 6 heteroatoms. The number of hydrogen-bond acceptors (Lipinski definition) is 5. The van der Waals surface area contributed by atoms with Gasteiger partial charge in [-0.05, 0) is 24.6 Å². The molecular formula is C19H22N4O2. The van der Waals surface area contributed by atoms with Crippen LogP contribution in [-0.2, 0) is 17.7 Å². The molecule has 0 aromatic carbocycles. The molecular weight excluding hydrogens is 316 g/mol. The number of fused-ring (bicyclic) bond motifs is 1. The van der Waals surface area contributed by atoms with Crippen molar-refractivity contribution in [2.24, 2.45) is 0 Å². The highest BCUT2D eigenvalue weighted by molar-refractivity contribution is 6.03. The van der Waals surface area contributed by atoms with Crippen LogP contribution in [0.25, 0.3) is 0 Å². The summed E-state index contributed by atoms with van der Waals surface area (Å²) < 4.78 is 5.42. The lowest BCUT2D eigenvalue weighted by Gasteiger charge is -2.30. The standard InChI is InChI=1S/C19H22N4O2/c1-14-2-3-15(21-12-14)5-7-23-13-16-18(19(23)24)17(4-6-20-16)22-8-10-25-11-9-22/h2-4,6,12H,5,7-11,13H2,1H3. The summed E-state index contributed by atoms with van der Waals surface area (Å²) >= 11 is 0. The van der Waals surface area contributed by atoms with Crippen LogP contribution in [0.2, 0.25) is 0 Å². The molecule has 1 amide bonds. The highest BCUT2D eigenvalue weighted by atomic mass is 16.5. The van der Waals surface area contributed by atoms with Gasteiger partial charge in [0, 0.05) is 44.1 Å². The van der Waals surface area contributed by atoms with Crippen molar-refractivity contribution in [3.05, 3.63) is 53.1 Å². The highest BCUT2D eigenvalue weighted by Crippen LogP contribution is 2.30. The van der Waals surface area contributed by atoms with Crippen LogP contribution in [0.3, 0.4) is 0 Å².